The van der Waals surface area contributed by atoms with Crippen molar-refractivity contribution in [3.8, 4) is 5.75 Å². The minimum atomic E-state index is -1.50. The average molecular weight is 312 g/mol. The Morgan fingerprint density at radius 3 is 2.59 bits per heavy atom. The van der Waals surface area contributed by atoms with Crippen LogP contribution in [-0.2, 0) is 6.42 Å². The van der Waals surface area contributed by atoms with Gasteiger partial charge < -0.3 is 20.4 Å². The number of nitrogens with one attached hydrogen (secondary N) is 1. The minimum absolute atomic E-state index is 0.299. The summed E-state index contributed by atoms with van der Waals surface area (Å²) in [7, 11) is 0. The van der Waals surface area contributed by atoms with Crippen LogP contribution in [0.5, 0.6) is 5.75 Å². The summed E-state index contributed by atoms with van der Waals surface area (Å²) in [5.41, 5.74) is 1.09. The first-order valence-corrected chi connectivity index (χ1v) is 6.93. The molecule has 7 nitrogen and oxygen atoms in total. The molecule has 0 saturated heterocycles. The molecule has 1 aromatic carbocycles. The topological polar surface area (TPSA) is 105 Å². The molecule has 22 heavy (non-hydrogen) atoms. The first-order valence-electron chi connectivity index (χ1n) is 6.93. The highest BCUT2D eigenvalue weighted by atomic mass is 16.9. The van der Waals surface area contributed by atoms with Gasteiger partial charge in [-0.3, -0.25) is 0 Å². The fourth-order valence-electron chi connectivity index (χ4n) is 1.59. The third-order valence-corrected chi connectivity index (χ3v) is 2.53. The van der Waals surface area contributed by atoms with Crippen molar-refractivity contribution in [3.63, 3.8) is 0 Å². The molecule has 0 bridgehead atoms. The van der Waals surface area contributed by atoms with E-state index in [1.807, 2.05) is 44.2 Å². The highest BCUT2D eigenvalue weighted by Gasteiger charge is 2.07. The van der Waals surface area contributed by atoms with E-state index in [-0.39, 0.29) is 0 Å². The van der Waals surface area contributed by atoms with E-state index in [0.717, 1.165) is 17.7 Å². The van der Waals surface area contributed by atoms with Gasteiger partial charge in [0.15, 0.2) is 0 Å². The van der Waals surface area contributed by atoms with Gasteiger partial charge in [0.05, 0.1) is 0 Å². The van der Waals surface area contributed by atoms with E-state index in [0.29, 0.717) is 19.2 Å². The molecule has 1 aromatic rings. The lowest BCUT2D eigenvalue weighted by molar-refractivity contribution is -0.742. The maximum atomic E-state index is 9.77. The first-order chi connectivity index (χ1) is 10.4. The fourth-order valence-corrected chi connectivity index (χ4v) is 1.59. The summed E-state index contributed by atoms with van der Waals surface area (Å²) in [6.07, 6.45) is 2.12. The van der Waals surface area contributed by atoms with E-state index in [9.17, 15) is 5.11 Å². The van der Waals surface area contributed by atoms with E-state index < -0.39 is 11.2 Å². The summed E-state index contributed by atoms with van der Waals surface area (Å²) in [6.45, 7) is 8.67. The van der Waals surface area contributed by atoms with Crippen LogP contribution in [0.4, 0.5) is 0 Å². The first kappa shape index (κ1) is 19.9. The van der Waals surface area contributed by atoms with Crippen LogP contribution in [-0.4, -0.2) is 40.7 Å². The zero-order valence-corrected chi connectivity index (χ0v) is 12.9. The number of allylic oxidation sites excluding steroid dienone is 1. The zero-order valence-electron chi connectivity index (χ0n) is 12.9. The van der Waals surface area contributed by atoms with Gasteiger partial charge in [0.1, 0.15) is 18.5 Å². The van der Waals surface area contributed by atoms with Crippen LogP contribution in [0.3, 0.4) is 0 Å². The molecule has 0 unspecified atom stereocenters. The summed E-state index contributed by atoms with van der Waals surface area (Å²) in [4.78, 5) is 8.36. The van der Waals surface area contributed by atoms with Gasteiger partial charge in [-0.05, 0) is 18.1 Å². The molecule has 0 aliphatic carbocycles. The van der Waals surface area contributed by atoms with Gasteiger partial charge >= 0.3 is 0 Å². The van der Waals surface area contributed by atoms with E-state index in [4.69, 9.17) is 20.1 Å². The molecule has 0 radical (unpaired) electrons. The van der Waals surface area contributed by atoms with Gasteiger partial charge in [0.25, 0.3) is 5.09 Å². The number of hydrogen-bond donors (Lipinski definition) is 3. The minimum Gasteiger partial charge on any atom is -0.491 e. The van der Waals surface area contributed by atoms with Gasteiger partial charge in [-0.15, -0.1) is 16.7 Å². The van der Waals surface area contributed by atoms with Crippen LogP contribution in [0.15, 0.2) is 36.9 Å². The van der Waals surface area contributed by atoms with Gasteiger partial charge in [-0.1, -0.05) is 38.1 Å². The maximum Gasteiger partial charge on any atom is 0.291 e. The smallest absolute Gasteiger partial charge is 0.291 e. The molecule has 124 valence electrons. The second kappa shape index (κ2) is 11.5. The molecule has 0 aliphatic rings. The Kier molecular flexibility index (Phi) is 10.4. The third kappa shape index (κ3) is 10.6. The lowest BCUT2D eigenvalue weighted by Crippen LogP contribution is -2.35. The number of benzene rings is 1. The Hall–Kier alpha value is -2.12. The average Bonchev–Trinajstić information content (AvgIpc) is 2.44. The van der Waals surface area contributed by atoms with Gasteiger partial charge in [-0.25, -0.2) is 0 Å². The Morgan fingerprint density at radius 1 is 1.45 bits per heavy atom. The summed E-state index contributed by atoms with van der Waals surface area (Å²) in [5, 5.41) is 26.6. The lowest BCUT2D eigenvalue weighted by Gasteiger charge is -2.16. The number of hydrogen-bond acceptors (Lipinski definition) is 5. The SMILES string of the molecule is C=CCc1ccccc1OC[C@@H](O)CNC(C)C.O=[N+]([O-])O. The Morgan fingerprint density at radius 2 is 2.05 bits per heavy atom. The molecule has 0 aromatic heterocycles. The number of rotatable bonds is 8. The molecular weight excluding hydrogens is 288 g/mol. The number of nitrogens with zero attached hydrogens (tertiary/aromatic N) is 1. The molecule has 0 saturated carbocycles. The monoisotopic (exact) mass is 312 g/mol. The van der Waals surface area contributed by atoms with E-state index >= 15 is 0 Å². The van der Waals surface area contributed by atoms with Crippen molar-refractivity contribution < 1.29 is 20.1 Å². The summed E-state index contributed by atoms with van der Waals surface area (Å²) >= 11 is 0. The van der Waals surface area contributed by atoms with Crippen molar-refractivity contribution in [3.05, 3.63) is 52.6 Å². The predicted octanol–water partition coefficient (Wildman–Crippen LogP) is 1.81. The molecule has 7 heteroatoms. The molecule has 0 heterocycles. The van der Waals surface area contributed by atoms with Crippen molar-refractivity contribution in [2.24, 2.45) is 0 Å². The standard InChI is InChI=1S/C15H23NO2.HNO3/c1-4-7-13-8-5-6-9-15(13)18-11-14(17)10-16-12(2)3;2-1(3)4/h4-6,8-9,12,14,16-17H,1,7,10-11H2,2-3H3;(H,2,3,4)/t14-;/m0./s1. The molecule has 1 rings (SSSR count). The summed E-state index contributed by atoms with van der Waals surface area (Å²) in [6, 6.07) is 8.20. The molecule has 0 aliphatic heterocycles. The Bertz CT molecular complexity index is 447. The van der Waals surface area contributed by atoms with E-state index in [2.05, 4.69) is 11.9 Å². The predicted molar refractivity (Wildman–Crippen MR) is 83.8 cm³/mol. The van der Waals surface area contributed by atoms with Crippen molar-refractivity contribution in [2.75, 3.05) is 13.2 Å². The van der Waals surface area contributed by atoms with Crippen LogP contribution >= 0.6 is 0 Å². The molecule has 0 fully saturated rings. The van der Waals surface area contributed by atoms with E-state index in [1.165, 1.54) is 0 Å². The number of ether oxygens (including phenoxy) is 1. The van der Waals surface area contributed by atoms with E-state index in [1.54, 1.807) is 0 Å². The van der Waals surface area contributed by atoms with Gasteiger partial charge in [0, 0.05) is 12.6 Å². The van der Waals surface area contributed by atoms with Crippen molar-refractivity contribution in [2.45, 2.75) is 32.4 Å². The summed E-state index contributed by atoms with van der Waals surface area (Å²) in [5.74, 6) is 0.820. The van der Waals surface area contributed by atoms with Crippen LogP contribution in [0.25, 0.3) is 0 Å². The molecule has 3 N–H and O–H groups in total. The quantitative estimate of drug-likeness (QED) is 0.384. The second-order valence-electron chi connectivity index (χ2n) is 4.87. The van der Waals surface area contributed by atoms with Crippen LogP contribution in [0.1, 0.15) is 19.4 Å². The lowest BCUT2D eigenvalue weighted by atomic mass is 10.1. The third-order valence-electron chi connectivity index (χ3n) is 2.53. The Balaban J connectivity index is 0.000000980. The van der Waals surface area contributed by atoms with Crippen molar-refractivity contribution in [1.82, 2.24) is 5.32 Å². The Labute approximate surface area is 130 Å². The highest BCUT2D eigenvalue weighted by molar-refractivity contribution is 5.34. The second-order valence-corrected chi connectivity index (χ2v) is 4.87. The zero-order chi connectivity index (χ0) is 17.0. The molecular formula is C15H24N2O5. The number of aliphatic hydroxyl groups is 1. The summed E-state index contributed by atoms with van der Waals surface area (Å²) < 4.78 is 5.65. The number of aliphatic hydroxyl groups excluding tert-OH is 1. The fraction of sp³-hybridized carbons (Fsp3) is 0.467. The number of para-hydroxylation sites is 1. The van der Waals surface area contributed by atoms with Gasteiger partial charge in [0.2, 0.25) is 0 Å². The largest absolute Gasteiger partial charge is 0.491 e. The maximum absolute atomic E-state index is 9.77. The van der Waals surface area contributed by atoms with Gasteiger partial charge in [-0.2, -0.15) is 0 Å². The van der Waals surface area contributed by atoms with Crippen LogP contribution in [0, 0.1) is 10.1 Å². The van der Waals surface area contributed by atoms with Crippen LogP contribution < -0.4 is 10.1 Å². The normalized spacial score (nSPS) is 11.3. The van der Waals surface area contributed by atoms with Crippen molar-refractivity contribution >= 4 is 0 Å². The molecule has 1 atom stereocenters. The van der Waals surface area contributed by atoms with Crippen LogP contribution in [0.2, 0.25) is 0 Å². The molecule has 0 spiro atoms. The van der Waals surface area contributed by atoms with Crippen molar-refractivity contribution in [1.29, 1.82) is 0 Å². The highest BCUT2D eigenvalue weighted by Crippen LogP contribution is 2.18. The molecule has 0 amide bonds.